The minimum Gasteiger partial charge on any atom is -0.478 e. The molecule has 0 radical (unpaired) electrons. The molecule has 0 aromatic heterocycles. The monoisotopic (exact) mass is 471 g/mol. The van der Waals surface area contributed by atoms with Crippen molar-refractivity contribution in [3.05, 3.63) is 53.6 Å². The minimum absolute atomic E-state index is 0.123. The molecule has 2 aromatic carbocycles. The molecule has 33 heavy (non-hydrogen) atoms. The lowest BCUT2D eigenvalue weighted by molar-refractivity contribution is 0.0697. The van der Waals surface area contributed by atoms with Gasteiger partial charge in [-0.2, -0.15) is 0 Å². The molecular formula is C25H33N3O4S. The van der Waals surface area contributed by atoms with E-state index < -0.39 is 16.0 Å². The van der Waals surface area contributed by atoms with Crippen molar-refractivity contribution in [2.45, 2.75) is 43.9 Å². The number of anilines is 2. The second-order valence-electron chi connectivity index (χ2n) is 9.10. The van der Waals surface area contributed by atoms with E-state index in [0.717, 1.165) is 57.5 Å². The summed E-state index contributed by atoms with van der Waals surface area (Å²) >= 11 is 0. The van der Waals surface area contributed by atoms with E-state index in [4.69, 9.17) is 0 Å². The zero-order chi connectivity index (χ0) is 23.4. The molecule has 0 amide bonds. The first-order valence-corrected chi connectivity index (χ1v) is 13.3. The first kappa shape index (κ1) is 23.6. The van der Waals surface area contributed by atoms with E-state index in [1.165, 1.54) is 18.9 Å². The first-order chi connectivity index (χ1) is 15.9. The van der Waals surface area contributed by atoms with Gasteiger partial charge in [0, 0.05) is 25.3 Å². The molecule has 0 unspecified atom stereocenters. The molecule has 2 heterocycles. The van der Waals surface area contributed by atoms with Crippen LogP contribution in [0.15, 0.2) is 47.4 Å². The Bertz CT molecular complexity index is 1080. The number of carboxylic acid groups (broad SMARTS) is 1. The average Bonchev–Trinajstić information content (AvgIpc) is 3.32. The number of nitrogens with one attached hydrogen (secondary N) is 1. The third kappa shape index (κ3) is 5.68. The van der Waals surface area contributed by atoms with Gasteiger partial charge in [-0.1, -0.05) is 19.1 Å². The highest BCUT2D eigenvalue weighted by Crippen LogP contribution is 2.30. The molecular weight excluding hydrogens is 438 g/mol. The Morgan fingerprint density at radius 1 is 1.06 bits per heavy atom. The van der Waals surface area contributed by atoms with Crippen LogP contribution >= 0.6 is 0 Å². The van der Waals surface area contributed by atoms with Crippen molar-refractivity contribution in [1.29, 1.82) is 0 Å². The van der Waals surface area contributed by atoms with Gasteiger partial charge in [-0.15, -0.1) is 0 Å². The van der Waals surface area contributed by atoms with E-state index in [0.29, 0.717) is 11.6 Å². The highest BCUT2D eigenvalue weighted by molar-refractivity contribution is 7.92. The first-order valence-electron chi connectivity index (χ1n) is 11.8. The Morgan fingerprint density at radius 2 is 1.79 bits per heavy atom. The molecule has 0 bridgehead atoms. The summed E-state index contributed by atoms with van der Waals surface area (Å²) in [4.78, 5) is 16.9. The number of piperidine rings is 1. The summed E-state index contributed by atoms with van der Waals surface area (Å²) in [6.07, 6.45) is 5.54. The number of benzene rings is 2. The van der Waals surface area contributed by atoms with Crippen LogP contribution in [0, 0.1) is 5.92 Å². The molecule has 7 nitrogen and oxygen atoms in total. The Kier molecular flexibility index (Phi) is 7.24. The van der Waals surface area contributed by atoms with Crippen molar-refractivity contribution in [2.75, 3.05) is 42.3 Å². The van der Waals surface area contributed by atoms with Gasteiger partial charge in [0.1, 0.15) is 0 Å². The second kappa shape index (κ2) is 10.1. The number of sulfonamides is 1. The van der Waals surface area contributed by atoms with Crippen LogP contribution in [0.1, 0.15) is 48.5 Å². The molecule has 0 spiro atoms. The normalized spacial score (nSPS) is 19.5. The van der Waals surface area contributed by atoms with Gasteiger partial charge < -0.3 is 14.9 Å². The van der Waals surface area contributed by atoms with Crippen LogP contribution in [-0.4, -0.2) is 57.1 Å². The number of nitrogens with zero attached hydrogens (tertiary/aromatic N) is 2. The van der Waals surface area contributed by atoms with Gasteiger partial charge in [0.25, 0.3) is 10.0 Å². The van der Waals surface area contributed by atoms with Crippen LogP contribution < -0.4 is 9.62 Å². The predicted molar refractivity (Wildman–Crippen MR) is 131 cm³/mol. The molecule has 0 aliphatic carbocycles. The fraction of sp³-hybridized carbons (Fsp3) is 0.480. The zero-order valence-electron chi connectivity index (χ0n) is 19.2. The van der Waals surface area contributed by atoms with Gasteiger partial charge in [0.05, 0.1) is 16.1 Å². The molecule has 2 N–H and O–H groups in total. The fourth-order valence-electron chi connectivity index (χ4n) is 4.93. The van der Waals surface area contributed by atoms with Crippen LogP contribution in [-0.2, 0) is 16.4 Å². The maximum Gasteiger partial charge on any atom is 0.337 e. The standard InChI is InChI=1S/C25H33N3O4S/c1-2-19-7-10-22(11-8-19)33(31,32)26-21-9-12-24(23(16-21)25(29)30)28-15-5-6-20(18-28)17-27-13-3-4-14-27/h7-12,16,20,26H,2-6,13-15,17-18H2,1H3,(H,29,30)/t20-/m0/s1. The number of carboxylic acids is 1. The SMILES string of the molecule is CCc1ccc(S(=O)(=O)Nc2ccc(N3CCC[C@@H](CN4CCCC4)C3)c(C(=O)O)c2)cc1. The maximum atomic E-state index is 12.8. The van der Waals surface area contributed by atoms with Crippen molar-refractivity contribution in [2.24, 2.45) is 5.92 Å². The van der Waals surface area contributed by atoms with E-state index in [-0.39, 0.29) is 16.1 Å². The Labute approximate surface area is 196 Å². The molecule has 2 fully saturated rings. The number of carbonyl (C=O) groups is 1. The summed E-state index contributed by atoms with van der Waals surface area (Å²) in [6, 6.07) is 11.5. The lowest BCUT2D eigenvalue weighted by Gasteiger charge is -2.36. The van der Waals surface area contributed by atoms with Crippen molar-refractivity contribution < 1.29 is 18.3 Å². The number of rotatable bonds is 8. The van der Waals surface area contributed by atoms with E-state index >= 15 is 0 Å². The average molecular weight is 472 g/mol. The molecule has 2 aliphatic heterocycles. The van der Waals surface area contributed by atoms with Crippen molar-refractivity contribution >= 4 is 27.4 Å². The van der Waals surface area contributed by atoms with Crippen molar-refractivity contribution in [3.8, 4) is 0 Å². The fourth-order valence-corrected chi connectivity index (χ4v) is 5.98. The van der Waals surface area contributed by atoms with Gasteiger partial charge in [-0.25, -0.2) is 13.2 Å². The summed E-state index contributed by atoms with van der Waals surface area (Å²) in [5.41, 5.74) is 2.08. The van der Waals surface area contributed by atoms with E-state index in [9.17, 15) is 18.3 Å². The summed E-state index contributed by atoms with van der Waals surface area (Å²) in [5, 5.41) is 9.88. The van der Waals surface area contributed by atoms with Crippen LogP contribution in [0.3, 0.4) is 0 Å². The molecule has 2 saturated heterocycles. The number of aryl methyl sites for hydroxylation is 1. The van der Waals surface area contributed by atoms with Gasteiger partial charge >= 0.3 is 5.97 Å². The lowest BCUT2D eigenvalue weighted by atomic mass is 9.96. The molecule has 1 atom stereocenters. The molecule has 4 rings (SSSR count). The number of aromatic carboxylic acids is 1. The molecule has 2 aromatic rings. The van der Waals surface area contributed by atoms with Crippen LogP contribution in [0.25, 0.3) is 0 Å². The zero-order valence-corrected chi connectivity index (χ0v) is 20.0. The quantitative estimate of drug-likeness (QED) is 0.604. The molecule has 0 saturated carbocycles. The van der Waals surface area contributed by atoms with Gasteiger partial charge in [0.15, 0.2) is 0 Å². The summed E-state index contributed by atoms with van der Waals surface area (Å²) < 4.78 is 28.1. The maximum absolute atomic E-state index is 12.8. The van der Waals surface area contributed by atoms with E-state index in [2.05, 4.69) is 14.5 Å². The summed E-state index contributed by atoms with van der Waals surface area (Å²) in [5.74, 6) is -0.539. The minimum atomic E-state index is -3.80. The molecule has 2 aliphatic rings. The number of hydrogen-bond donors (Lipinski definition) is 2. The van der Waals surface area contributed by atoms with Crippen LogP contribution in [0.2, 0.25) is 0 Å². The van der Waals surface area contributed by atoms with Gasteiger partial charge in [-0.05, 0) is 87.0 Å². The Hall–Kier alpha value is -2.58. The van der Waals surface area contributed by atoms with Crippen LogP contribution in [0.4, 0.5) is 11.4 Å². The smallest absolute Gasteiger partial charge is 0.337 e. The van der Waals surface area contributed by atoms with Crippen LogP contribution in [0.5, 0.6) is 0 Å². The lowest BCUT2D eigenvalue weighted by Crippen LogP contribution is -2.41. The number of hydrogen-bond acceptors (Lipinski definition) is 5. The predicted octanol–water partition coefficient (Wildman–Crippen LogP) is 4.06. The Morgan fingerprint density at radius 3 is 2.45 bits per heavy atom. The van der Waals surface area contributed by atoms with E-state index in [1.54, 1.807) is 36.4 Å². The highest BCUT2D eigenvalue weighted by Gasteiger charge is 2.26. The third-order valence-corrected chi connectivity index (χ3v) is 8.09. The molecule has 178 valence electrons. The third-order valence-electron chi connectivity index (χ3n) is 6.70. The second-order valence-corrected chi connectivity index (χ2v) is 10.8. The summed E-state index contributed by atoms with van der Waals surface area (Å²) in [7, 11) is -3.80. The van der Waals surface area contributed by atoms with Gasteiger partial charge in [-0.3, -0.25) is 4.72 Å². The van der Waals surface area contributed by atoms with Crippen molar-refractivity contribution in [3.63, 3.8) is 0 Å². The largest absolute Gasteiger partial charge is 0.478 e. The Balaban J connectivity index is 1.51. The molecule has 8 heteroatoms. The summed E-state index contributed by atoms with van der Waals surface area (Å²) in [6.45, 7) is 7.03. The highest BCUT2D eigenvalue weighted by atomic mass is 32.2. The van der Waals surface area contributed by atoms with Crippen molar-refractivity contribution in [1.82, 2.24) is 4.90 Å². The topological polar surface area (TPSA) is 90.0 Å². The van der Waals surface area contributed by atoms with E-state index in [1.807, 2.05) is 6.92 Å². The van der Waals surface area contributed by atoms with Gasteiger partial charge in [0.2, 0.25) is 0 Å². The number of likely N-dealkylation sites (tertiary alicyclic amines) is 1.